The van der Waals surface area contributed by atoms with E-state index in [1.54, 1.807) is 11.8 Å². The number of hydrogen-bond donors (Lipinski definition) is 2. The number of piperidine rings is 1. The first-order valence-electron chi connectivity index (χ1n) is 13.3. The first-order valence-corrected chi connectivity index (χ1v) is 14.3. The van der Waals surface area contributed by atoms with Gasteiger partial charge in [-0.2, -0.15) is 0 Å². The lowest BCUT2D eigenvalue weighted by Crippen LogP contribution is -2.59. The Labute approximate surface area is 207 Å². The van der Waals surface area contributed by atoms with Crippen LogP contribution in [-0.2, 0) is 4.79 Å². The summed E-state index contributed by atoms with van der Waals surface area (Å²) in [5.74, 6) is 3.25. The van der Waals surface area contributed by atoms with Gasteiger partial charge >= 0.3 is 5.97 Å². The van der Waals surface area contributed by atoms with Gasteiger partial charge < -0.3 is 15.3 Å². The van der Waals surface area contributed by atoms with Crippen LogP contribution >= 0.6 is 11.8 Å². The van der Waals surface area contributed by atoms with E-state index in [0.29, 0.717) is 12.1 Å². The van der Waals surface area contributed by atoms with Gasteiger partial charge in [0.05, 0.1) is 11.5 Å². The Hall–Kier alpha value is -1.76. The largest absolute Gasteiger partial charge is 0.481 e. The Morgan fingerprint density at radius 3 is 2.50 bits per heavy atom. The van der Waals surface area contributed by atoms with Crippen molar-refractivity contribution >= 4 is 29.5 Å². The van der Waals surface area contributed by atoms with Crippen LogP contribution in [0.25, 0.3) is 0 Å². The Balaban J connectivity index is 1.34. The van der Waals surface area contributed by atoms with Gasteiger partial charge in [0.2, 0.25) is 0 Å². The van der Waals surface area contributed by atoms with Crippen molar-refractivity contribution in [2.45, 2.75) is 82.2 Å². The van der Waals surface area contributed by atoms with E-state index in [1.807, 2.05) is 19.1 Å². The molecular formula is C27H39N3O3S. The second kappa shape index (κ2) is 9.71. The van der Waals surface area contributed by atoms with Crippen LogP contribution in [0.2, 0.25) is 0 Å². The molecule has 1 aromatic heterocycles. The number of amides is 1. The Morgan fingerprint density at radius 2 is 1.88 bits per heavy atom. The summed E-state index contributed by atoms with van der Waals surface area (Å²) in [6.07, 6.45) is 10.4. The molecule has 4 bridgehead atoms. The fourth-order valence-corrected chi connectivity index (χ4v) is 8.36. The summed E-state index contributed by atoms with van der Waals surface area (Å²) in [6, 6.07) is 3.93. The number of thioether (sulfide) groups is 1. The SMILES string of the molecule is CCCSc1nc(N2CCCC(C(C)C(=O)O)C2)ccc1C(=O)NC12CC3CC(CC(C3)C1)C2. The van der Waals surface area contributed by atoms with Crippen LogP contribution in [0.3, 0.4) is 0 Å². The molecule has 2 heterocycles. The van der Waals surface area contributed by atoms with E-state index in [4.69, 9.17) is 4.98 Å². The molecule has 1 aromatic rings. The topological polar surface area (TPSA) is 82.5 Å². The number of aliphatic carboxylic acids is 1. The van der Waals surface area contributed by atoms with Gasteiger partial charge in [-0.1, -0.05) is 13.8 Å². The first kappa shape index (κ1) is 24.0. The van der Waals surface area contributed by atoms with E-state index < -0.39 is 5.97 Å². The smallest absolute Gasteiger partial charge is 0.306 e. The molecule has 0 radical (unpaired) electrons. The number of aromatic nitrogens is 1. The van der Waals surface area contributed by atoms with E-state index in [2.05, 4.69) is 17.1 Å². The van der Waals surface area contributed by atoms with Gasteiger partial charge in [0, 0.05) is 18.6 Å². The number of nitrogens with zero attached hydrogens (tertiary/aromatic N) is 2. The second-order valence-corrected chi connectivity index (χ2v) is 12.6. The molecule has 0 aromatic carbocycles. The molecule has 6 rings (SSSR count). The van der Waals surface area contributed by atoms with Crippen molar-refractivity contribution in [3.8, 4) is 0 Å². The summed E-state index contributed by atoms with van der Waals surface area (Å²) in [5, 5.41) is 13.8. The Morgan fingerprint density at radius 1 is 1.21 bits per heavy atom. The van der Waals surface area contributed by atoms with Gasteiger partial charge in [0.1, 0.15) is 10.8 Å². The third kappa shape index (κ3) is 4.82. The second-order valence-electron chi connectivity index (χ2n) is 11.5. The standard InChI is InChI=1S/C27H39N3O3S/c1-3-9-34-25-22(24(31)29-27-13-18-10-19(14-27)12-20(11-18)15-27)6-7-23(28-25)30-8-4-5-21(16-30)17(2)26(32)33/h6-7,17-21H,3-5,8-16H2,1-2H3,(H,29,31)(H,32,33). The van der Waals surface area contributed by atoms with E-state index in [9.17, 15) is 14.7 Å². The molecule has 34 heavy (non-hydrogen) atoms. The van der Waals surface area contributed by atoms with Gasteiger partial charge in [-0.15, -0.1) is 11.8 Å². The van der Waals surface area contributed by atoms with E-state index in [-0.39, 0.29) is 23.3 Å². The summed E-state index contributed by atoms with van der Waals surface area (Å²) < 4.78 is 0. The van der Waals surface area contributed by atoms with E-state index >= 15 is 0 Å². The van der Waals surface area contributed by atoms with Crippen molar-refractivity contribution in [1.29, 1.82) is 0 Å². The lowest BCUT2D eigenvalue weighted by atomic mass is 9.53. The molecule has 1 aliphatic heterocycles. The van der Waals surface area contributed by atoms with Crippen molar-refractivity contribution in [3.05, 3.63) is 17.7 Å². The van der Waals surface area contributed by atoms with Gasteiger partial charge in [0.15, 0.2) is 0 Å². The van der Waals surface area contributed by atoms with Crippen molar-refractivity contribution < 1.29 is 14.7 Å². The van der Waals surface area contributed by atoms with Crippen molar-refractivity contribution in [2.24, 2.45) is 29.6 Å². The lowest BCUT2D eigenvalue weighted by molar-refractivity contribution is -0.143. The summed E-state index contributed by atoms with van der Waals surface area (Å²) in [4.78, 5) is 32.3. The number of nitrogens with one attached hydrogen (secondary N) is 1. The fraction of sp³-hybridized carbons (Fsp3) is 0.741. The molecule has 1 amide bonds. The minimum absolute atomic E-state index is 0.00966. The third-order valence-corrected chi connectivity index (χ3v) is 10.0. The normalized spacial score (nSPS) is 33.1. The molecule has 4 aliphatic carbocycles. The number of carbonyl (C=O) groups is 2. The molecule has 1 saturated heterocycles. The molecule has 6 nitrogen and oxygen atoms in total. The summed E-state index contributed by atoms with van der Waals surface area (Å²) in [6.45, 7) is 5.54. The molecule has 2 N–H and O–H groups in total. The number of rotatable bonds is 8. The molecule has 5 fully saturated rings. The molecule has 2 atom stereocenters. The number of hydrogen-bond acceptors (Lipinski definition) is 5. The minimum Gasteiger partial charge on any atom is -0.481 e. The number of carbonyl (C=O) groups excluding carboxylic acids is 1. The van der Waals surface area contributed by atoms with Crippen molar-refractivity contribution in [2.75, 3.05) is 23.7 Å². The lowest BCUT2D eigenvalue weighted by Gasteiger charge is -2.56. The fourth-order valence-electron chi connectivity index (χ4n) is 7.49. The van der Waals surface area contributed by atoms with Gasteiger partial charge in [-0.3, -0.25) is 9.59 Å². The van der Waals surface area contributed by atoms with Crippen molar-refractivity contribution in [1.82, 2.24) is 10.3 Å². The first-order chi connectivity index (χ1) is 16.4. The average Bonchev–Trinajstić information content (AvgIpc) is 2.80. The predicted molar refractivity (Wildman–Crippen MR) is 135 cm³/mol. The number of carboxylic acid groups (broad SMARTS) is 1. The summed E-state index contributed by atoms with van der Waals surface area (Å²) in [7, 11) is 0. The highest BCUT2D eigenvalue weighted by molar-refractivity contribution is 7.99. The molecule has 5 aliphatic rings. The highest BCUT2D eigenvalue weighted by Crippen LogP contribution is 2.55. The number of pyridine rings is 1. The van der Waals surface area contributed by atoms with Gasteiger partial charge in [-0.05, 0) is 99.3 Å². The maximum atomic E-state index is 13.6. The monoisotopic (exact) mass is 485 g/mol. The molecule has 0 spiro atoms. The maximum absolute atomic E-state index is 13.6. The van der Waals surface area contributed by atoms with Crippen molar-refractivity contribution in [3.63, 3.8) is 0 Å². The zero-order chi connectivity index (χ0) is 23.9. The van der Waals surface area contributed by atoms with Crippen LogP contribution in [0.1, 0.15) is 82.0 Å². The van der Waals surface area contributed by atoms with Gasteiger partial charge in [0.25, 0.3) is 5.91 Å². The molecule has 2 unspecified atom stereocenters. The van der Waals surface area contributed by atoms with E-state index in [0.717, 1.165) is 79.4 Å². The predicted octanol–water partition coefficient (Wildman–Crippen LogP) is 5.22. The molecule has 186 valence electrons. The molecule has 4 saturated carbocycles. The summed E-state index contributed by atoms with van der Waals surface area (Å²) in [5.41, 5.74) is 0.690. The molecular weight excluding hydrogens is 446 g/mol. The summed E-state index contributed by atoms with van der Waals surface area (Å²) >= 11 is 1.67. The Kier molecular flexibility index (Phi) is 6.84. The van der Waals surface area contributed by atoms with Crippen LogP contribution in [0.15, 0.2) is 17.2 Å². The van der Waals surface area contributed by atoms with Crippen LogP contribution in [-0.4, -0.2) is 46.3 Å². The Bertz CT molecular complexity index is 900. The highest BCUT2D eigenvalue weighted by atomic mass is 32.2. The highest BCUT2D eigenvalue weighted by Gasteiger charge is 2.51. The number of carboxylic acids is 1. The minimum atomic E-state index is -0.726. The third-order valence-electron chi connectivity index (χ3n) is 8.83. The van der Waals surface area contributed by atoms with Crippen LogP contribution in [0, 0.1) is 29.6 Å². The quantitative estimate of drug-likeness (QED) is 0.491. The van der Waals surface area contributed by atoms with E-state index in [1.165, 1.54) is 19.3 Å². The number of anilines is 1. The zero-order valence-electron chi connectivity index (χ0n) is 20.6. The maximum Gasteiger partial charge on any atom is 0.306 e. The van der Waals surface area contributed by atoms with Gasteiger partial charge in [-0.25, -0.2) is 4.98 Å². The van der Waals surface area contributed by atoms with Crippen LogP contribution < -0.4 is 10.2 Å². The average molecular weight is 486 g/mol. The van der Waals surface area contributed by atoms with Crippen LogP contribution in [0.4, 0.5) is 5.82 Å². The zero-order valence-corrected chi connectivity index (χ0v) is 21.4. The molecule has 7 heteroatoms. The van der Waals surface area contributed by atoms with Crippen LogP contribution in [0.5, 0.6) is 0 Å².